The number of rotatable bonds is 4. The average molecular weight is 351 g/mol. The van der Waals surface area contributed by atoms with Gasteiger partial charge in [0.05, 0.1) is 6.04 Å². The molecule has 3 saturated heterocycles. The number of likely N-dealkylation sites (tertiary alicyclic amines) is 1. The van der Waals surface area contributed by atoms with E-state index in [4.69, 9.17) is 0 Å². The summed E-state index contributed by atoms with van der Waals surface area (Å²) in [6.07, 6.45) is 5.91. The molecule has 3 fully saturated rings. The molecule has 1 atom stereocenters. The van der Waals surface area contributed by atoms with Crippen LogP contribution in [0.2, 0.25) is 0 Å². The van der Waals surface area contributed by atoms with Crippen molar-refractivity contribution in [3.8, 4) is 0 Å². The molecule has 6 nitrogen and oxygen atoms in total. The molecule has 0 bridgehead atoms. The Morgan fingerprint density at radius 3 is 2.24 bits per heavy atom. The molecule has 3 heterocycles. The molecule has 0 aliphatic carbocycles. The van der Waals surface area contributed by atoms with E-state index >= 15 is 0 Å². The topological polar surface area (TPSA) is 55.9 Å². The van der Waals surface area contributed by atoms with Crippen LogP contribution in [-0.4, -0.2) is 84.9 Å². The summed E-state index contributed by atoms with van der Waals surface area (Å²) >= 11 is 0. The van der Waals surface area contributed by atoms with Crippen LogP contribution in [0.1, 0.15) is 45.4 Å². The van der Waals surface area contributed by atoms with E-state index in [1.165, 1.54) is 6.42 Å². The van der Waals surface area contributed by atoms with Crippen molar-refractivity contribution >= 4 is 11.8 Å². The standard InChI is InChI=1S/C19H34N4O2/c1-2-21-11-13-22(14-12-21)18(24)15-16-6-9-23(10-7-16)19(25)17-5-3-4-8-20-17/h16-17,20H,2-15H2,1H3/t17-/m1/s1. The molecule has 2 amide bonds. The molecule has 25 heavy (non-hydrogen) atoms. The molecular formula is C19H34N4O2. The van der Waals surface area contributed by atoms with Crippen LogP contribution in [0.5, 0.6) is 0 Å². The molecule has 0 unspecified atom stereocenters. The molecule has 0 aromatic carbocycles. The first-order valence-electron chi connectivity index (χ1n) is 10.2. The van der Waals surface area contributed by atoms with E-state index in [1.54, 1.807) is 0 Å². The van der Waals surface area contributed by atoms with E-state index in [2.05, 4.69) is 17.1 Å². The number of piperidine rings is 2. The molecule has 3 aliphatic rings. The Morgan fingerprint density at radius 1 is 0.920 bits per heavy atom. The smallest absolute Gasteiger partial charge is 0.239 e. The molecule has 0 aromatic heterocycles. The summed E-state index contributed by atoms with van der Waals surface area (Å²) in [6.45, 7) is 9.60. The molecule has 3 rings (SSSR count). The molecule has 3 aliphatic heterocycles. The van der Waals surface area contributed by atoms with Crippen LogP contribution in [0.4, 0.5) is 0 Å². The monoisotopic (exact) mass is 350 g/mol. The third-order valence-corrected chi connectivity index (χ3v) is 6.17. The van der Waals surface area contributed by atoms with Crippen molar-refractivity contribution in [3.63, 3.8) is 0 Å². The minimum atomic E-state index is 0.0294. The van der Waals surface area contributed by atoms with Gasteiger partial charge in [-0.3, -0.25) is 9.59 Å². The van der Waals surface area contributed by atoms with Crippen LogP contribution in [0.25, 0.3) is 0 Å². The number of piperazine rings is 1. The van der Waals surface area contributed by atoms with Gasteiger partial charge in [-0.2, -0.15) is 0 Å². The van der Waals surface area contributed by atoms with E-state index in [1.807, 2.05) is 9.80 Å². The number of hydrogen-bond donors (Lipinski definition) is 1. The lowest BCUT2D eigenvalue weighted by atomic mass is 9.92. The Labute approximate surface area is 151 Å². The first-order valence-corrected chi connectivity index (χ1v) is 10.2. The van der Waals surface area contributed by atoms with E-state index in [-0.39, 0.29) is 11.9 Å². The van der Waals surface area contributed by atoms with Crippen LogP contribution in [0.15, 0.2) is 0 Å². The number of carbonyl (C=O) groups is 2. The van der Waals surface area contributed by atoms with Crippen LogP contribution in [0, 0.1) is 5.92 Å². The molecule has 6 heteroatoms. The van der Waals surface area contributed by atoms with Crippen molar-refractivity contribution in [3.05, 3.63) is 0 Å². The SMILES string of the molecule is CCN1CCN(C(=O)CC2CCN(C(=O)[C@H]3CCCCN3)CC2)CC1. The van der Waals surface area contributed by atoms with Gasteiger partial charge in [0.15, 0.2) is 0 Å². The van der Waals surface area contributed by atoms with Gasteiger partial charge < -0.3 is 20.0 Å². The number of nitrogens with zero attached hydrogens (tertiary/aromatic N) is 3. The second kappa shape index (κ2) is 8.99. The van der Waals surface area contributed by atoms with E-state index < -0.39 is 0 Å². The third-order valence-electron chi connectivity index (χ3n) is 6.17. The molecular weight excluding hydrogens is 316 g/mol. The van der Waals surface area contributed by atoms with Crippen molar-refractivity contribution in [2.75, 3.05) is 52.4 Å². The van der Waals surface area contributed by atoms with Gasteiger partial charge in [-0.15, -0.1) is 0 Å². The summed E-state index contributed by atoms with van der Waals surface area (Å²) in [5, 5.41) is 3.35. The maximum atomic E-state index is 12.6. The fourth-order valence-electron chi connectivity index (χ4n) is 4.33. The van der Waals surface area contributed by atoms with Gasteiger partial charge in [0, 0.05) is 45.7 Å². The van der Waals surface area contributed by atoms with Crippen molar-refractivity contribution < 1.29 is 9.59 Å². The summed E-state index contributed by atoms with van der Waals surface area (Å²) < 4.78 is 0. The van der Waals surface area contributed by atoms with Crippen LogP contribution < -0.4 is 5.32 Å². The zero-order chi connectivity index (χ0) is 17.6. The van der Waals surface area contributed by atoms with Crippen molar-refractivity contribution in [1.29, 1.82) is 0 Å². The summed E-state index contributed by atoms with van der Waals surface area (Å²) in [5.41, 5.74) is 0. The van der Waals surface area contributed by atoms with Gasteiger partial charge in [0.25, 0.3) is 0 Å². The quantitative estimate of drug-likeness (QED) is 0.819. The molecule has 0 spiro atoms. The predicted octanol–water partition coefficient (Wildman–Crippen LogP) is 0.921. The summed E-state index contributed by atoms with van der Waals surface area (Å²) in [5.74, 6) is 1.04. The van der Waals surface area contributed by atoms with Gasteiger partial charge >= 0.3 is 0 Å². The first kappa shape index (κ1) is 18.6. The highest BCUT2D eigenvalue weighted by Gasteiger charge is 2.30. The minimum Gasteiger partial charge on any atom is -0.341 e. The number of likely N-dealkylation sites (N-methyl/N-ethyl adjacent to an activating group) is 1. The molecule has 0 saturated carbocycles. The maximum Gasteiger partial charge on any atom is 0.239 e. The Balaban J connectivity index is 1.38. The lowest BCUT2D eigenvalue weighted by Crippen LogP contribution is -2.51. The highest BCUT2D eigenvalue weighted by molar-refractivity contribution is 5.82. The third kappa shape index (κ3) is 4.94. The van der Waals surface area contributed by atoms with Crippen molar-refractivity contribution in [1.82, 2.24) is 20.0 Å². The Morgan fingerprint density at radius 2 is 1.64 bits per heavy atom. The molecule has 142 valence electrons. The van der Waals surface area contributed by atoms with E-state index in [0.717, 1.165) is 78.0 Å². The molecule has 0 aromatic rings. The summed E-state index contributed by atoms with van der Waals surface area (Å²) in [7, 11) is 0. The average Bonchev–Trinajstić information content (AvgIpc) is 2.68. The van der Waals surface area contributed by atoms with Crippen molar-refractivity contribution in [2.45, 2.75) is 51.5 Å². The largest absolute Gasteiger partial charge is 0.341 e. The van der Waals surface area contributed by atoms with Crippen LogP contribution in [0.3, 0.4) is 0 Å². The second-order valence-corrected chi connectivity index (χ2v) is 7.79. The van der Waals surface area contributed by atoms with Gasteiger partial charge in [-0.1, -0.05) is 13.3 Å². The summed E-state index contributed by atoms with van der Waals surface area (Å²) in [6, 6.07) is 0.0294. The number of amides is 2. The first-order chi connectivity index (χ1) is 12.2. The second-order valence-electron chi connectivity index (χ2n) is 7.79. The van der Waals surface area contributed by atoms with Gasteiger partial charge in [-0.25, -0.2) is 0 Å². The lowest BCUT2D eigenvalue weighted by molar-refractivity contribution is -0.136. The maximum absolute atomic E-state index is 12.6. The fourth-order valence-corrected chi connectivity index (χ4v) is 4.33. The zero-order valence-electron chi connectivity index (χ0n) is 15.7. The Bertz CT molecular complexity index is 448. The van der Waals surface area contributed by atoms with Gasteiger partial charge in [-0.05, 0) is 44.7 Å². The number of carbonyl (C=O) groups excluding carboxylic acids is 2. The highest BCUT2D eigenvalue weighted by Crippen LogP contribution is 2.23. The zero-order valence-corrected chi connectivity index (χ0v) is 15.7. The van der Waals surface area contributed by atoms with E-state index in [9.17, 15) is 9.59 Å². The number of nitrogens with one attached hydrogen (secondary N) is 1. The highest BCUT2D eigenvalue weighted by atomic mass is 16.2. The Kier molecular flexibility index (Phi) is 6.70. The van der Waals surface area contributed by atoms with E-state index in [0.29, 0.717) is 18.2 Å². The number of hydrogen-bond acceptors (Lipinski definition) is 4. The summed E-state index contributed by atoms with van der Waals surface area (Å²) in [4.78, 5) is 31.6. The molecule has 0 radical (unpaired) electrons. The Hall–Kier alpha value is -1.14. The van der Waals surface area contributed by atoms with Crippen LogP contribution >= 0.6 is 0 Å². The van der Waals surface area contributed by atoms with Gasteiger partial charge in [0.1, 0.15) is 0 Å². The lowest BCUT2D eigenvalue weighted by Gasteiger charge is -2.37. The fraction of sp³-hybridized carbons (Fsp3) is 0.895. The minimum absolute atomic E-state index is 0.0294. The predicted molar refractivity (Wildman–Crippen MR) is 98.3 cm³/mol. The van der Waals surface area contributed by atoms with Crippen molar-refractivity contribution in [2.24, 2.45) is 5.92 Å². The van der Waals surface area contributed by atoms with Crippen LogP contribution in [-0.2, 0) is 9.59 Å². The van der Waals surface area contributed by atoms with Gasteiger partial charge in [0.2, 0.25) is 11.8 Å². The normalized spacial score (nSPS) is 26.7. The molecule has 1 N–H and O–H groups in total.